The van der Waals surface area contributed by atoms with Gasteiger partial charge in [-0.3, -0.25) is 0 Å². The van der Waals surface area contributed by atoms with Gasteiger partial charge >= 0.3 is 0 Å². The molecule has 0 unspecified atom stereocenters. The van der Waals surface area contributed by atoms with Crippen LogP contribution in [-0.2, 0) is 4.74 Å². The summed E-state index contributed by atoms with van der Waals surface area (Å²) in [6, 6.07) is 7.75. The molecule has 0 aromatic heterocycles. The number of benzene rings is 1. The normalized spacial score (nSPS) is 25.4. The first-order chi connectivity index (χ1) is 11.6. The van der Waals surface area contributed by atoms with Gasteiger partial charge in [-0.05, 0) is 42.5 Å². The van der Waals surface area contributed by atoms with Gasteiger partial charge in [-0.1, -0.05) is 38.3 Å². The Morgan fingerprint density at radius 2 is 1.96 bits per heavy atom. The summed E-state index contributed by atoms with van der Waals surface area (Å²) in [5.74, 6) is 2.19. The van der Waals surface area contributed by atoms with Crippen molar-refractivity contribution >= 4 is 11.6 Å². The van der Waals surface area contributed by atoms with Gasteiger partial charge in [0, 0.05) is 17.6 Å². The first kappa shape index (κ1) is 19.5. The third kappa shape index (κ3) is 6.60. The summed E-state index contributed by atoms with van der Waals surface area (Å²) in [7, 11) is 0. The number of hydrogen-bond acceptors (Lipinski definition) is 4. The fraction of sp³-hybridized carbons (Fsp3) is 0.684. The summed E-state index contributed by atoms with van der Waals surface area (Å²) in [5.41, 5.74) is 0. The van der Waals surface area contributed by atoms with Crippen LogP contribution in [0, 0.1) is 11.8 Å². The molecule has 4 atom stereocenters. The van der Waals surface area contributed by atoms with E-state index in [0.717, 1.165) is 11.7 Å². The maximum absolute atomic E-state index is 10.0. The lowest BCUT2D eigenvalue weighted by Crippen LogP contribution is -2.44. The van der Waals surface area contributed by atoms with Gasteiger partial charge < -0.3 is 19.9 Å². The van der Waals surface area contributed by atoms with Crippen molar-refractivity contribution in [2.45, 2.75) is 45.3 Å². The third-order valence-electron chi connectivity index (χ3n) is 4.94. The highest BCUT2D eigenvalue weighted by molar-refractivity contribution is 6.30. The molecule has 5 heteroatoms. The molecular formula is C19H30ClNO3. The Balaban J connectivity index is 1.53. The summed E-state index contributed by atoms with van der Waals surface area (Å²) in [4.78, 5) is 0. The molecule has 0 amide bonds. The molecule has 1 aromatic rings. The summed E-state index contributed by atoms with van der Waals surface area (Å²) in [6.45, 7) is 6.44. The largest absolute Gasteiger partial charge is 0.491 e. The van der Waals surface area contributed by atoms with Crippen LogP contribution in [0.1, 0.15) is 33.1 Å². The van der Waals surface area contributed by atoms with E-state index in [4.69, 9.17) is 21.1 Å². The highest BCUT2D eigenvalue weighted by atomic mass is 35.5. The second-order valence-corrected chi connectivity index (χ2v) is 7.25. The maximum atomic E-state index is 10.0. The van der Waals surface area contributed by atoms with Crippen molar-refractivity contribution in [2.24, 2.45) is 11.8 Å². The quantitative estimate of drug-likeness (QED) is 0.665. The Labute approximate surface area is 150 Å². The SMILES string of the molecule is C[C@@H]1[C@H](C)CCC[C@H]1NC[C@H](O)COCCOc1ccc(Cl)cc1. The molecule has 0 spiro atoms. The van der Waals surface area contributed by atoms with E-state index in [2.05, 4.69) is 19.2 Å². The molecule has 136 valence electrons. The minimum Gasteiger partial charge on any atom is -0.491 e. The number of nitrogens with one attached hydrogen (secondary N) is 1. The second-order valence-electron chi connectivity index (χ2n) is 6.81. The smallest absolute Gasteiger partial charge is 0.119 e. The Bertz CT molecular complexity index is 468. The third-order valence-corrected chi connectivity index (χ3v) is 5.19. The molecule has 4 nitrogen and oxygen atoms in total. The van der Waals surface area contributed by atoms with Crippen molar-refractivity contribution in [2.75, 3.05) is 26.4 Å². The predicted octanol–water partition coefficient (Wildman–Crippen LogP) is 3.51. The van der Waals surface area contributed by atoms with Gasteiger partial charge in [0.2, 0.25) is 0 Å². The first-order valence-corrected chi connectivity index (χ1v) is 9.31. The monoisotopic (exact) mass is 355 g/mol. The molecule has 1 aliphatic carbocycles. The van der Waals surface area contributed by atoms with E-state index in [1.807, 2.05) is 12.1 Å². The number of aliphatic hydroxyl groups excluding tert-OH is 1. The molecule has 24 heavy (non-hydrogen) atoms. The van der Waals surface area contributed by atoms with E-state index in [1.165, 1.54) is 19.3 Å². The van der Waals surface area contributed by atoms with Gasteiger partial charge in [0.15, 0.2) is 0 Å². The summed E-state index contributed by atoms with van der Waals surface area (Å²) in [5, 5.41) is 14.2. The van der Waals surface area contributed by atoms with Crippen LogP contribution in [0.2, 0.25) is 5.02 Å². The molecule has 0 radical (unpaired) electrons. The van der Waals surface area contributed by atoms with E-state index < -0.39 is 6.10 Å². The molecular weight excluding hydrogens is 326 g/mol. The van der Waals surface area contributed by atoms with E-state index in [-0.39, 0.29) is 0 Å². The Morgan fingerprint density at radius 3 is 2.71 bits per heavy atom. The van der Waals surface area contributed by atoms with Crippen molar-refractivity contribution in [3.8, 4) is 5.75 Å². The second kappa shape index (κ2) is 10.2. The van der Waals surface area contributed by atoms with Crippen molar-refractivity contribution < 1.29 is 14.6 Å². The van der Waals surface area contributed by atoms with Crippen LogP contribution in [-0.4, -0.2) is 43.6 Å². The molecule has 1 aliphatic rings. The van der Waals surface area contributed by atoms with Gasteiger partial charge in [-0.15, -0.1) is 0 Å². The molecule has 1 saturated carbocycles. The van der Waals surface area contributed by atoms with Crippen molar-refractivity contribution in [3.63, 3.8) is 0 Å². The molecule has 2 N–H and O–H groups in total. The number of hydrogen-bond donors (Lipinski definition) is 2. The van der Waals surface area contributed by atoms with Crippen LogP contribution < -0.4 is 10.1 Å². The van der Waals surface area contributed by atoms with Crippen molar-refractivity contribution in [1.82, 2.24) is 5.32 Å². The number of halogens is 1. The topological polar surface area (TPSA) is 50.7 Å². The van der Waals surface area contributed by atoms with E-state index >= 15 is 0 Å². The van der Waals surface area contributed by atoms with E-state index in [0.29, 0.717) is 43.3 Å². The molecule has 2 rings (SSSR count). The van der Waals surface area contributed by atoms with E-state index in [1.54, 1.807) is 12.1 Å². The fourth-order valence-corrected chi connectivity index (χ4v) is 3.31. The average molecular weight is 356 g/mol. The van der Waals surface area contributed by atoms with Crippen LogP contribution in [0.4, 0.5) is 0 Å². The molecule has 0 heterocycles. The van der Waals surface area contributed by atoms with Crippen LogP contribution in [0.3, 0.4) is 0 Å². The number of aliphatic hydroxyl groups is 1. The Morgan fingerprint density at radius 1 is 1.21 bits per heavy atom. The minimum absolute atomic E-state index is 0.327. The molecule has 0 aliphatic heterocycles. The first-order valence-electron chi connectivity index (χ1n) is 8.94. The molecule has 1 fully saturated rings. The average Bonchev–Trinajstić information content (AvgIpc) is 2.57. The van der Waals surface area contributed by atoms with Gasteiger partial charge in [0.25, 0.3) is 0 Å². The van der Waals surface area contributed by atoms with Crippen LogP contribution in [0.15, 0.2) is 24.3 Å². The summed E-state index contributed by atoms with van der Waals surface area (Å²) >= 11 is 5.82. The van der Waals surface area contributed by atoms with Gasteiger partial charge in [-0.25, -0.2) is 0 Å². The fourth-order valence-electron chi connectivity index (χ4n) is 3.19. The maximum Gasteiger partial charge on any atom is 0.119 e. The Hall–Kier alpha value is -0.810. The molecule has 0 saturated heterocycles. The van der Waals surface area contributed by atoms with Crippen LogP contribution in [0.25, 0.3) is 0 Å². The van der Waals surface area contributed by atoms with Crippen LogP contribution >= 0.6 is 11.6 Å². The molecule has 1 aromatic carbocycles. The molecule has 0 bridgehead atoms. The summed E-state index contributed by atoms with van der Waals surface area (Å²) < 4.78 is 11.0. The Kier molecular flexibility index (Phi) is 8.33. The van der Waals surface area contributed by atoms with E-state index in [9.17, 15) is 5.11 Å². The van der Waals surface area contributed by atoms with Gasteiger partial charge in [0.05, 0.1) is 19.3 Å². The van der Waals surface area contributed by atoms with Crippen LogP contribution in [0.5, 0.6) is 5.75 Å². The highest BCUT2D eigenvalue weighted by Gasteiger charge is 2.26. The van der Waals surface area contributed by atoms with Crippen molar-refractivity contribution in [3.05, 3.63) is 29.3 Å². The zero-order valence-corrected chi connectivity index (χ0v) is 15.5. The zero-order chi connectivity index (χ0) is 17.4. The van der Waals surface area contributed by atoms with Crippen molar-refractivity contribution in [1.29, 1.82) is 0 Å². The highest BCUT2D eigenvalue weighted by Crippen LogP contribution is 2.29. The minimum atomic E-state index is -0.482. The lowest BCUT2D eigenvalue weighted by atomic mass is 9.78. The van der Waals surface area contributed by atoms with Gasteiger partial charge in [0.1, 0.15) is 12.4 Å². The number of ether oxygens (including phenoxy) is 2. The lowest BCUT2D eigenvalue weighted by Gasteiger charge is -2.35. The lowest BCUT2D eigenvalue weighted by molar-refractivity contribution is 0.0217. The van der Waals surface area contributed by atoms with Gasteiger partial charge in [-0.2, -0.15) is 0 Å². The standard InChI is InChI=1S/C19H30ClNO3/c1-14-4-3-5-19(15(14)2)21-12-17(22)13-23-10-11-24-18-8-6-16(20)7-9-18/h6-9,14-15,17,19,21-22H,3-5,10-13H2,1-2H3/t14-,15-,17+,19-/m1/s1. The predicted molar refractivity (Wildman–Crippen MR) is 97.7 cm³/mol. The number of rotatable bonds is 9. The zero-order valence-electron chi connectivity index (χ0n) is 14.7. The summed E-state index contributed by atoms with van der Waals surface area (Å²) in [6.07, 6.45) is 3.31.